The molecule has 1 aromatic heterocycles. The highest BCUT2D eigenvalue weighted by Gasteiger charge is 2.43. The van der Waals surface area contributed by atoms with Crippen LogP contribution < -0.4 is 0 Å². The van der Waals surface area contributed by atoms with E-state index in [1.165, 1.54) is 34.8 Å². The fraction of sp³-hybridized carbons (Fsp3) is 0.750. The molecular formula is C16H22N2O2S. The van der Waals surface area contributed by atoms with Crippen LogP contribution >= 0.6 is 11.3 Å². The Kier molecular flexibility index (Phi) is 3.50. The molecule has 5 heteroatoms. The zero-order valence-electron chi connectivity index (χ0n) is 12.3. The number of aromatic nitrogens is 1. The standard InChI is InChI=1S/C16H22N2O2S/c19-16(20)10-5-11-7-18(8-12(11)6-10)9-15-17-13-3-1-2-4-14(13)21-15/h10-12H,1-9H2,(H,19,20)/t10?,11-,12+. The maximum atomic E-state index is 11.1. The van der Waals surface area contributed by atoms with Gasteiger partial charge in [-0.15, -0.1) is 11.3 Å². The molecule has 21 heavy (non-hydrogen) atoms. The van der Waals surface area contributed by atoms with Gasteiger partial charge in [0.15, 0.2) is 0 Å². The van der Waals surface area contributed by atoms with Crippen LogP contribution in [0.5, 0.6) is 0 Å². The minimum Gasteiger partial charge on any atom is -0.481 e. The molecule has 0 amide bonds. The Morgan fingerprint density at radius 3 is 2.62 bits per heavy atom. The molecule has 0 spiro atoms. The molecule has 2 heterocycles. The molecule has 4 nitrogen and oxygen atoms in total. The summed E-state index contributed by atoms with van der Waals surface area (Å²) in [5.41, 5.74) is 1.35. The second kappa shape index (κ2) is 5.36. The topological polar surface area (TPSA) is 53.4 Å². The Labute approximate surface area is 129 Å². The van der Waals surface area contributed by atoms with Gasteiger partial charge in [-0.3, -0.25) is 9.69 Å². The lowest BCUT2D eigenvalue weighted by atomic mass is 10.0. The molecular weight excluding hydrogens is 284 g/mol. The molecule has 2 aliphatic carbocycles. The van der Waals surface area contributed by atoms with E-state index < -0.39 is 5.97 Å². The van der Waals surface area contributed by atoms with Crippen molar-refractivity contribution in [2.45, 2.75) is 45.1 Å². The zero-order valence-corrected chi connectivity index (χ0v) is 13.1. The van der Waals surface area contributed by atoms with Gasteiger partial charge in [0, 0.05) is 18.0 Å². The minimum atomic E-state index is -0.594. The normalized spacial score (nSPS) is 32.1. The Balaban J connectivity index is 1.37. The number of aryl methyl sites for hydroxylation is 2. The second-order valence-electron chi connectivity index (χ2n) is 6.91. The summed E-state index contributed by atoms with van der Waals surface area (Å²) in [6.45, 7) is 3.11. The maximum absolute atomic E-state index is 11.1. The van der Waals surface area contributed by atoms with Crippen LogP contribution in [-0.2, 0) is 24.2 Å². The van der Waals surface area contributed by atoms with Crippen molar-refractivity contribution in [1.29, 1.82) is 0 Å². The smallest absolute Gasteiger partial charge is 0.306 e. The van der Waals surface area contributed by atoms with Gasteiger partial charge in [-0.05, 0) is 50.4 Å². The molecule has 3 aliphatic rings. The molecule has 1 saturated heterocycles. The second-order valence-corrected chi connectivity index (χ2v) is 8.07. The van der Waals surface area contributed by atoms with E-state index >= 15 is 0 Å². The van der Waals surface area contributed by atoms with Crippen molar-refractivity contribution in [2.75, 3.05) is 13.1 Å². The number of thiazole rings is 1. The van der Waals surface area contributed by atoms with E-state index in [9.17, 15) is 4.79 Å². The quantitative estimate of drug-likeness (QED) is 0.932. The molecule has 114 valence electrons. The number of hydrogen-bond donors (Lipinski definition) is 1. The molecule has 0 bridgehead atoms. The third-order valence-corrected chi connectivity index (χ3v) is 6.57. The average Bonchev–Trinajstić information content (AvgIpc) is 3.09. The van der Waals surface area contributed by atoms with E-state index in [0.717, 1.165) is 38.9 Å². The highest BCUT2D eigenvalue weighted by atomic mass is 32.1. The van der Waals surface area contributed by atoms with Gasteiger partial charge in [0.1, 0.15) is 5.01 Å². The lowest BCUT2D eigenvalue weighted by Crippen LogP contribution is -2.23. The molecule has 4 rings (SSSR count). The van der Waals surface area contributed by atoms with E-state index in [4.69, 9.17) is 10.1 Å². The number of carbonyl (C=O) groups is 1. The third kappa shape index (κ3) is 2.61. The summed E-state index contributed by atoms with van der Waals surface area (Å²) in [6.07, 6.45) is 6.76. The fourth-order valence-corrected chi connectivity index (χ4v) is 5.59. The van der Waals surface area contributed by atoms with Crippen molar-refractivity contribution < 1.29 is 9.90 Å². The SMILES string of the molecule is O=C(O)C1C[C@@H]2CN(Cc3nc4c(s3)CCCC4)C[C@@H]2C1. The first-order valence-corrected chi connectivity index (χ1v) is 8.93. The monoisotopic (exact) mass is 306 g/mol. The van der Waals surface area contributed by atoms with E-state index in [0.29, 0.717) is 11.8 Å². The Hall–Kier alpha value is -0.940. The van der Waals surface area contributed by atoms with Crippen LogP contribution in [0, 0.1) is 17.8 Å². The first kappa shape index (κ1) is 13.7. The van der Waals surface area contributed by atoms with Crippen molar-refractivity contribution in [1.82, 2.24) is 9.88 Å². The molecule has 2 fully saturated rings. The largest absolute Gasteiger partial charge is 0.481 e. The van der Waals surface area contributed by atoms with E-state index in [2.05, 4.69) is 4.90 Å². The zero-order chi connectivity index (χ0) is 14.4. The van der Waals surface area contributed by atoms with Crippen LogP contribution in [-0.4, -0.2) is 34.0 Å². The van der Waals surface area contributed by atoms with Gasteiger partial charge in [0.25, 0.3) is 0 Å². The number of fused-ring (bicyclic) bond motifs is 2. The van der Waals surface area contributed by atoms with Crippen molar-refractivity contribution in [3.8, 4) is 0 Å². The van der Waals surface area contributed by atoms with E-state index in [1.807, 2.05) is 11.3 Å². The van der Waals surface area contributed by atoms with Gasteiger partial charge >= 0.3 is 5.97 Å². The summed E-state index contributed by atoms with van der Waals surface area (Å²) in [4.78, 5) is 19.9. The molecule has 3 atom stereocenters. The van der Waals surface area contributed by atoms with Gasteiger partial charge in [-0.2, -0.15) is 0 Å². The summed E-state index contributed by atoms with van der Waals surface area (Å²) in [5, 5.41) is 10.4. The molecule has 1 saturated carbocycles. The van der Waals surface area contributed by atoms with Gasteiger partial charge < -0.3 is 5.11 Å². The minimum absolute atomic E-state index is 0.0886. The lowest BCUT2D eigenvalue weighted by Gasteiger charge is -2.16. The highest BCUT2D eigenvalue weighted by molar-refractivity contribution is 7.11. The Morgan fingerprint density at radius 1 is 1.24 bits per heavy atom. The first-order chi connectivity index (χ1) is 10.2. The molecule has 1 aromatic rings. The van der Waals surface area contributed by atoms with Crippen molar-refractivity contribution in [2.24, 2.45) is 17.8 Å². The average molecular weight is 306 g/mol. The van der Waals surface area contributed by atoms with Gasteiger partial charge in [-0.1, -0.05) is 0 Å². The van der Waals surface area contributed by atoms with Gasteiger partial charge in [-0.25, -0.2) is 4.98 Å². The lowest BCUT2D eigenvalue weighted by molar-refractivity contribution is -0.141. The molecule has 1 N–H and O–H groups in total. The molecule has 1 aliphatic heterocycles. The number of nitrogens with zero attached hydrogens (tertiary/aromatic N) is 2. The van der Waals surface area contributed by atoms with Crippen LogP contribution in [0.4, 0.5) is 0 Å². The maximum Gasteiger partial charge on any atom is 0.306 e. The highest BCUT2D eigenvalue weighted by Crippen LogP contribution is 2.42. The number of carboxylic acids is 1. The van der Waals surface area contributed by atoms with E-state index in [-0.39, 0.29) is 5.92 Å². The third-order valence-electron chi connectivity index (χ3n) is 5.42. The predicted molar refractivity (Wildman–Crippen MR) is 81.4 cm³/mol. The summed E-state index contributed by atoms with van der Waals surface area (Å²) in [5.74, 6) is 0.513. The van der Waals surface area contributed by atoms with Crippen molar-refractivity contribution in [3.05, 3.63) is 15.6 Å². The van der Waals surface area contributed by atoms with Crippen LogP contribution in [0.1, 0.15) is 41.3 Å². The van der Waals surface area contributed by atoms with Crippen molar-refractivity contribution in [3.63, 3.8) is 0 Å². The van der Waals surface area contributed by atoms with Crippen LogP contribution in [0.2, 0.25) is 0 Å². The number of aliphatic carboxylic acids is 1. The predicted octanol–water partition coefficient (Wildman–Crippen LogP) is 2.56. The van der Waals surface area contributed by atoms with Gasteiger partial charge in [0.05, 0.1) is 18.2 Å². The summed E-state index contributed by atoms with van der Waals surface area (Å²) >= 11 is 1.91. The molecule has 0 radical (unpaired) electrons. The van der Waals surface area contributed by atoms with E-state index in [1.54, 1.807) is 0 Å². The fourth-order valence-electron chi connectivity index (χ4n) is 4.39. The first-order valence-electron chi connectivity index (χ1n) is 8.11. The summed E-state index contributed by atoms with van der Waals surface area (Å²) in [6, 6.07) is 0. The number of rotatable bonds is 3. The summed E-state index contributed by atoms with van der Waals surface area (Å²) in [7, 11) is 0. The van der Waals surface area contributed by atoms with Crippen LogP contribution in [0.15, 0.2) is 0 Å². The molecule has 0 aromatic carbocycles. The van der Waals surface area contributed by atoms with Crippen LogP contribution in [0.25, 0.3) is 0 Å². The number of carboxylic acid groups (broad SMARTS) is 1. The Morgan fingerprint density at radius 2 is 1.95 bits per heavy atom. The van der Waals surface area contributed by atoms with Crippen molar-refractivity contribution >= 4 is 17.3 Å². The Bertz CT molecular complexity index is 519. The summed E-state index contributed by atoms with van der Waals surface area (Å²) < 4.78 is 0. The number of likely N-dealkylation sites (tertiary alicyclic amines) is 1. The van der Waals surface area contributed by atoms with Crippen LogP contribution in [0.3, 0.4) is 0 Å². The van der Waals surface area contributed by atoms with Gasteiger partial charge in [0.2, 0.25) is 0 Å². The number of hydrogen-bond acceptors (Lipinski definition) is 4. The molecule has 1 unspecified atom stereocenters.